The van der Waals surface area contributed by atoms with E-state index in [9.17, 15) is 4.79 Å². The van der Waals surface area contributed by atoms with E-state index in [1.807, 2.05) is 20.8 Å². The molecular formula is C19H36N2O2. The zero-order valence-electron chi connectivity index (χ0n) is 15.5. The molecule has 0 spiro atoms. The topological polar surface area (TPSA) is 50.4 Å². The summed E-state index contributed by atoms with van der Waals surface area (Å²) in [5, 5.41) is 6.70. The smallest absolute Gasteiger partial charge is 0.407 e. The van der Waals surface area contributed by atoms with Crippen LogP contribution in [0.15, 0.2) is 0 Å². The molecule has 2 saturated carbocycles. The highest BCUT2D eigenvalue weighted by Gasteiger charge is 2.32. The van der Waals surface area contributed by atoms with Gasteiger partial charge in [0.15, 0.2) is 0 Å². The van der Waals surface area contributed by atoms with E-state index in [1.165, 1.54) is 44.9 Å². The second-order valence-electron chi connectivity index (χ2n) is 8.47. The van der Waals surface area contributed by atoms with E-state index in [4.69, 9.17) is 4.74 Å². The van der Waals surface area contributed by atoms with Gasteiger partial charge in [-0.3, -0.25) is 0 Å². The van der Waals surface area contributed by atoms with Crippen molar-refractivity contribution in [2.45, 2.75) is 96.7 Å². The molecule has 2 aliphatic rings. The minimum absolute atomic E-state index is 0.311. The molecule has 4 atom stereocenters. The standard InChI is InChI=1S/C19H36N2O2/c1-5-16(13-20-18(22)23-19(2,3)4)21-17-11-10-14-8-6-7-9-15(14)12-17/h14-17,21H,5-13H2,1-4H3,(H,20,22). The van der Waals surface area contributed by atoms with Gasteiger partial charge in [0.25, 0.3) is 0 Å². The van der Waals surface area contributed by atoms with Crippen LogP contribution < -0.4 is 10.6 Å². The number of carbonyl (C=O) groups is 1. The van der Waals surface area contributed by atoms with Crippen LogP contribution in [-0.2, 0) is 4.74 Å². The van der Waals surface area contributed by atoms with Crippen molar-refractivity contribution >= 4 is 6.09 Å². The zero-order chi connectivity index (χ0) is 16.9. The van der Waals surface area contributed by atoms with Crippen LogP contribution in [0.1, 0.15) is 79.1 Å². The van der Waals surface area contributed by atoms with Crippen molar-refractivity contribution in [1.29, 1.82) is 0 Å². The van der Waals surface area contributed by atoms with Gasteiger partial charge in [-0.15, -0.1) is 0 Å². The van der Waals surface area contributed by atoms with Gasteiger partial charge in [-0.1, -0.05) is 32.6 Å². The third kappa shape index (κ3) is 6.33. The summed E-state index contributed by atoms with van der Waals surface area (Å²) in [7, 11) is 0. The molecule has 0 aromatic carbocycles. The van der Waals surface area contributed by atoms with E-state index < -0.39 is 5.60 Å². The Hall–Kier alpha value is -0.770. The summed E-state index contributed by atoms with van der Waals surface area (Å²) in [6.07, 6.45) is 10.5. The number of nitrogens with one attached hydrogen (secondary N) is 2. The van der Waals surface area contributed by atoms with Crippen LogP contribution in [0.4, 0.5) is 4.79 Å². The normalized spacial score (nSPS) is 29.5. The van der Waals surface area contributed by atoms with Crippen molar-refractivity contribution in [2.24, 2.45) is 11.8 Å². The average molecular weight is 325 g/mol. The van der Waals surface area contributed by atoms with Crippen LogP contribution in [0.25, 0.3) is 0 Å². The Bertz CT molecular complexity index is 378. The van der Waals surface area contributed by atoms with Crippen molar-refractivity contribution in [3.05, 3.63) is 0 Å². The van der Waals surface area contributed by atoms with Gasteiger partial charge in [-0.05, 0) is 58.3 Å². The molecule has 0 aliphatic heterocycles. The lowest BCUT2D eigenvalue weighted by atomic mass is 9.69. The van der Waals surface area contributed by atoms with E-state index in [0.29, 0.717) is 18.6 Å². The maximum absolute atomic E-state index is 11.8. The van der Waals surface area contributed by atoms with Gasteiger partial charge in [0.05, 0.1) is 0 Å². The van der Waals surface area contributed by atoms with Crippen LogP contribution in [0, 0.1) is 11.8 Å². The first kappa shape index (κ1) is 18.6. The van der Waals surface area contributed by atoms with Gasteiger partial charge >= 0.3 is 6.09 Å². The van der Waals surface area contributed by atoms with E-state index >= 15 is 0 Å². The maximum Gasteiger partial charge on any atom is 0.407 e. The molecule has 0 aromatic rings. The molecule has 134 valence electrons. The van der Waals surface area contributed by atoms with Crippen molar-refractivity contribution in [3.8, 4) is 0 Å². The molecule has 0 aromatic heterocycles. The highest BCUT2D eigenvalue weighted by Crippen LogP contribution is 2.40. The molecule has 1 amide bonds. The van der Waals surface area contributed by atoms with Gasteiger partial charge in [-0.25, -0.2) is 4.79 Å². The molecule has 2 fully saturated rings. The molecule has 4 nitrogen and oxygen atoms in total. The minimum Gasteiger partial charge on any atom is -0.444 e. The lowest BCUT2D eigenvalue weighted by Crippen LogP contribution is -2.48. The van der Waals surface area contributed by atoms with Crippen molar-refractivity contribution in [1.82, 2.24) is 10.6 Å². The third-order valence-corrected chi connectivity index (χ3v) is 5.40. The number of rotatable bonds is 5. The molecule has 0 heterocycles. The highest BCUT2D eigenvalue weighted by atomic mass is 16.6. The van der Waals surface area contributed by atoms with Crippen LogP contribution in [0.5, 0.6) is 0 Å². The Morgan fingerprint density at radius 1 is 1.13 bits per heavy atom. The quantitative estimate of drug-likeness (QED) is 0.795. The number of carbonyl (C=O) groups excluding carboxylic acids is 1. The van der Waals surface area contributed by atoms with Gasteiger partial charge in [-0.2, -0.15) is 0 Å². The summed E-state index contributed by atoms with van der Waals surface area (Å²) >= 11 is 0. The molecular weight excluding hydrogens is 288 g/mol. The monoisotopic (exact) mass is 324 g/mol. The van der Waals surface area contributed by atoms with Gasteiger partial charge in [0.1, 0.15) is 5.60 Å². The molecule has 2 aliphatic carbocycles. The van der Waals surface area contributed by atoms with Gasteiger partial charge < -0.3 is 15.4 Å². The van der Waals surface area contributed by atoms with Gasteiger partial charge in [0.2, 0.25) is 0 Å². The van der Waals surface area contributed by atoms with Crippen LogP contribution in [0.3, 0.4) is 0 Å². The number of ether oxygens (including phenoxy) is 1. The Labute approximate surface area is 142 Å². The molecule has 2 rings (SSSR count). The van der Waals surface area contributed by atoms with E-state index in [1.54, 1.807) is 0 Å². The third-order valence-electron chi connectivity index (χ3n) is 5.40. The molecule has 23 heavy (non-hydrogen) atoms. The first-order chi connectivity index (χ1) is 10.9. The summed E-state index contributed by atoms with van der Waals surface area (Å²) in [5.41, 5.74) is -0.432. The highest BCUT2D eigenvalue weighted by molar-refractivity contribution is 5.67. The average Bonchev–Trinajstić information content (AvgIpc) is 2.49. The number of hydrogen-bond donors (Lipinski definition) is 2. The summed E-state index contributed by atoms with van der Waals surface area (Å²) in [5.74, 6) is 1.92. The lowest BCUT2D eigenvalue weighted by Gasteiger charge is -2.40. The SMILES string of the molecule is CCC(CNC(=O)OC(C)(C)C)NC1CCC2CCCCC2C1. The Kier molecular flexibility index (Phi) is 6.75. The van der Waals surface area contributed by atoms with Crippen LogP contribution >= 0.6 is 0 Å². The first-order valence-corrected chi connectivity index (χ1v) is 9.60. The summed E-state index contributed by atoms with van der Waals surface area (Å²) in [4.78, 5) is 11.8. The van der Waals surface area contributed by atoms with E-state index in [2.05, 4.69) is 17.6 Å². The van der Waals surface area contributed by atoms with Crippen molar-refractivity contribution < 1.29 is 9.53 Å². The Balaban J connectivity index is 1.73. The minimum atomic E-state index is -0.432. The Morgan fingerprint density at radius 3 is 2.48 bits per heavy atom. The number of fused-ring (bicyclic) bond motifs is 1. The number of alkyl carbamates (subject to hydrolysis) is 1. The van der Waals surface area contributed by atoms with Crippen molar-refractivity contribution in [3.63, 3.8) is 0 Å². The van der Waals surface area contributed by atoms with E-state index in [0.717, 1.165) is 18.3 Å². The molecule has 4 unspecified atom stereocenters. The summed E-state index contributed by atoms with van der Waals surface area (Å²) < 4.78 is 5.32. The summed E-state index contributed by atoms with van der Waals surface area (Å²) in [6, 6.07) is 0.965. The Morgan fingerprint density at radius 2 is 1.83 bits per heavy atom. The van der Waals surface area contributed by atoms with Crippen LogP contribution in [0.2, 0.25) is 0 Å². The molecule has 4 heteroatoms. The van der Waals surface area contributed by atoms with Crippen LogP contribution in [-0.4, -0.2) is 30.3 Å². The fourth-order valence-corrected chi connectivity index (χ4v) is 4.20. The van der Waals surface area contributed by atoms with Crippen molar-refractivity contribution in [2.75, 3.05) is 6.54 Å². The molecule has 0 saturated heterocycles. The second-order valence-corrected chi connectivity index (χ2v) is 8.47. The molecule has 0 bridgehead atoms. The fourth-order valence-electron chi connectivity index (χ4n) is 4.20. The second kappa shape index (κ2) is 8.36. The number of amides is 1. The largest absolute Gasteiger partial charge is 0.444 e. The number of hydrogen-bond acceptors (Lipinski definition) is 3. The zero-order valence-corrected chi connectivity index (χ0v) is 15.5. The predicted octanol–water partition coefficient (Wildman–Crippen LogP) is 4.24. The van der Waals surface area contributed by atoms with E-state index in [-0.39, 0.29) is 6.09 Å². The first-order valence-electron chi connectivity index (χ1n) is 9.60. The lowest BCUT2D eigenvalue weighted by molar-refractivity contribution is 0.0519. The molecule has 0 radical (unpaired) electrons. The van der Waals surface area contributed by atoms with Gasteiger partial charge in [0, 0.05) is 18.6 Å². The molecule has 2 N–H and O–H groups in total. The fraction of sp³-hybridized carbons (Fsp3) is 0.947. The predicted molar refractivity (Wildman–Crippen MR) is 94.5 cm³/mol. The maximum atomic E-state index is 11.8. The summed E-state index contributed by atoms with van der Waals surface area (Å²) in [6.45, 7) is 8.51.